The Kier molecular flexibility index (Phi) is 22.4. The number of esters is 1. The molecule has 1 unspecified atom stereocenters. The lowest BCUT2D eigenvalue weighted by atomic mass is 9.81. The highest BCUT2D eigenvalue weighted by Gasteiger charge is 2.50. The molecule has 2 aromatic rings. The number of carbonyl (C=O) groups excluding carboxylic acids is 11. The number of nitrogens with zero attached hydrogens (tertiary/aromatic N) is 4. The van der Waals surface area contributed by atoms with Gasteiger partial charge in [0, 0.05) is 79.2 Å². The summed E-state index contributed by atoms with van der Waals surface area (Å²) >= 11 is 0. The second-order valence-corrected chi connectivity index (χ2v) is 21.3. The summed E-state index contributed by atoms with van der Waals surface area (Å²) in [4.78, 5) is 146. The molecule has 29 nitrogen and oxygen atoms in total. The van der Waals surface area contributed by atoms with Gasteiger partial charge in [0.05, 0.1) is 115 Å². The summed E-state index contributed by atoms with van der Waals surface area (Å²) in [5, 5.41) is 40.9. The van der Waals surface area contributed by atoms with Crippen molar-refractivity contribution in [3.63, 3.8) is 0 Å². The Morgan fingerprint density at radius 3 is 1.94 bits per heavy atom. The van der Waals surface area contributed by atoms with E-state index >= 15 is 8.78 Å². The molecule has 1 aromatic carbocycles. The molecule has 88 heavy (non-hydrogen) atoms. The van der Waals surface area contributed by atoms with Gasteiger partial charge in [0.15, 0.2) is 11.8 Å². The lowest BCUT2D eigenvalue weighted by Gasteiger charge is -2.40. The van der Waals surface area contributed by atoms with Crippen LogP contribution in [0.1, 0.15) is 73.0 Å². The molecule has 476 valence electrons. The van der Waals surface area contributed by atoms with Gasteiger partial charge in [0.2, 0.25) is 47.3 Å². The Morgan fingerprint density at radius 2 is 1.33 bits per heavy atom. The number of likely N-dealkylation sites (tertiary alicyclic amines) is 1. The maximum Gasteiger partial charge on any atom is 0.343 e. The molecule has 5 aliphatic heterocycles. The highest BCUT2D eigenvalue weighted by Crippen LogP contribution is 2.49. The number of cyclic esters (lactones) is 1. The van der Waals surface area contributed by atoms with Crippen molar-refractivity contribution in [1.29, 1.82) is 0 Å². The van der Waals surface area contributed by atoms with E-state index in [9.17, 15) is 63.0 Å². The fourth-order valence-electron chi connectivity index (χ4n) is 10.9. The summed E-state index contributed by atoms with van der Waals surface area (Å²) in [5.41, 5.74) is 1.68. The maximum absolute atomic E-state index is 15.5. The van der Waals surface area contributed by atoms with Crippen molar-refractivity contribution >= 4 is 81.6 Å². The number of amides is 10. The van der Waals surface area contributed by atoms with Gasteiger partial charge in [-0.05, 0) is 49.0 Å². The van der Waals surface area contributed by atoms with Crippen LogP contribution < -0.4 is 37.2 Å². The number of aryl methyl sites for hydroxylation is 1. The molecule has 6 aliphatic rings. The first kappa shape index (κ1) is 65.6. The molecular formula is C57H71F2N11O18. The molecule has 6 heterocycles. The molecule has 1 aliphatic carbocycles. The van der Waals surface area contributed by atoms with Gasteiger partial charge < -0.3 is 80.9 Å². The molecule has 1 aromatic heterocycles. The minimum atomic E-state index is -2.04. The van der Waals surface area contributed by atoms with Crippen LogP contribution in [0.5, 0.6) is 0 Å². The summed E-state index contributed by atoms with van der Waals surface area (Å²) in [7, 11) is 0. The third-order valence-corrected chi connectivity index (χ3v) is 15.6. The number of fused-ring (bicyclic) bond motifs is 4. The Bertz CT molecular complexity index is 3180. The number of benzene rings is 1. The molecular weight excluding hydrogens is 1160 g/mol. The Hall–Kier alpha value is -8.36. The van der Waals surface area contributed by atoms with Gasteiger partial charge in [-0.15, -0.1) is 0 Å². The number of halogens is 2. The first-order chi connectivity index (χ1) is 42.2. The number of imide groups is 1. The Morgan fingerprint density at radius 1 is 0.761 bits per heavy atom. The molecule has 1 saturated heterocycles. The van der Waals surface area contributed by atoms with Crippen LogP contribution in [-0.2, 0) is 89.4 Å². The second kappa shape index (κ2) is 30.0. The number of ether oxygens (including phenoxy) is 5. The van der Waals surface area contributed by atoms with Crippen LogP contribution >= 0.6 is 0 Å². The van der Waals surface area contributed by atoms with Gasteiger partial charge in [0.25, 0.3) is 11.8 Å². The topological polar surface area (TPSA) is 381 Å². The monoisotopic (exact) mass is 1240 g/mol. The number of hydrogen-bond acceptors (Lipinski definition) is 20. The molecule has 0 saturated carbocycles. The van der Waals surface area contributed by atoms with E-state index in [1.807, 2.05) is 0 Å². The van der Waals surface area contributed by atoms with Crippen LogP contribution in [0.25, 0.3) is 16.6 Å². The number of hydrogen-bond donors (Lipinski definition) is 9. The molecule has 1 fully saturated rings. The van der Waals surface area contributed by atoms with Crippen LogP contribution in [0.2, 0.25) is 0 Å². The van der Waals surface area contributed by atoms with Gasteiger partial charge in [-0.1, -0.05) is 6.92 Å². The predicted octanol–water partition coefficient (Wildman–Crippen LogP) is -3.32. The average molecular weight is 1240 g/mol. The fourth-order valence-corrected chi connectivity index (χ4v) is 10.9. The highest BCUT2D eigenvalue weighted by atomic mass is 19.1. The van der Waals surface area contributed by atoms with Crippen molar-refractivity contribution in [1.82, 2.24) is 56.9 Å². The SMILES string of the molecule is CC[C@]1(O)C(=O)OCC2=C1C=C1c3nc4cc(F)c(C)c5c4c(c3CN1C2O)[C@H](NC(=O)[C@@H]1C[C@@H](F)CN1C(=O)CNC(=O)CNC(=O)CNC(=O)CNC(=O)CNC(=O)CCOCCOCCOCCOCCNC(=O)CCN1C(=O)C=CC1=O)CC5. The molecule has 0 bridgehead atoms. The number of aliphatic hydroxyl groups excluding tert-OH is 1. The minimum Gasteiger partial charge on any atom is -0.459 e. The zero-order valence-corrected chi connectivity index (χ0v) is 48.6. The second-order valence-electron chi connectivity index (χ2n) is 21.3. The summed E-state index contributed by atoms with van der Waals surface area (Å²) in [6.45, 7) is 1.85. The standard InChI is InChI=1S/C57H71F2N11O18/c1-3-57(83)36-21-40-53-34(29-70(40)55(81)35(36)30-88-56(57)82)52-38(5-4-33-31(2)37(59)22-39(66-53)51(33)52)67-54(80)41-20-32(58)28-69(41)50(79)27-65-47(76)26-64-46(75)25-63-45(74)24-62-44(73)23-61-43(72)9-12-84-14-16-86-18-19-87-17-15-85-13-10-60-42(71)8-11-68-48(77)6-7-49(68)78/h6-7,21-22,32,38,41,55,81,83H,3-5,8-20,23-30H2,1-2H3,(H,60,71)(H,61,72)(H,62,73)(H,63,74)(H,64,75)(H,65,76)(H,67,80)/t32-,38-,41+,55?,57-/m1/s1. The predicted molar refractivity (Wildman–Crippen MR) is 300 cm³/mol. The van der Waals surface area contributed by atoms with E-state index in [2.05, 4.69) is 37.2 Å². The molecule has 5 atom stereocenters. The van der Waals surface area contributed by atoms with Crippen LogP contribution in [0, 0.1) is 12.7 Å². The molecule has 31 heteroatoms. The first-order valence-electron chi connectivity index (χ1n) is 28.8. The van der Waals surface area contributed by atoms with E-state index in [1.54, 1.807) is 24.8 Å². The number of alkyl halides is 1. The van der Waals surface area contributed by atoms with E-state index in [0.29, 0.717) is 57.6 Å². The average Bonchev–Trinajstić information content (AvgIpc) is 1.46. The maximum atomic E-state index is 15.5. The van der Waals surface area contributed by atoms with Crippen molar-refractivity contribution in [2.45, 2.75) is 89.0 Å². The minimum absolute atomic E-state index is 0.00150. The zero-order chi connectivity index (χ0) is 63.2. The molecule has 0 radical (unpaired) electrons. The number of aromatic nitrogens is 1. The third-order valence-electron chi connectivity index (χ3n) is 15.6. The van der Waals surface area contributed by atoms with E-state index in [0.717, 1.165) is 22.0 Å². The quantitative estimate of drug-likeness (QED) is 0.0203. The van der Waals surface area contributed by atoms with Gasteiger partial charge in [-0.3, -0.25) is 52.8 Å². The number of aliphatic hydroxyl groups is 2. The van der Waals surface area contributed by atoms with E-state index in [4.69, 9.17) is 28.7 Å². The summed E-state index contributed by atoms with van der Waals surface area (Å²) in [6.07, 6.45) is 1.11. The number of pyridine rings is 1. The third kappa shape index (κ3) is 15.8. The van der Waals surface area contributed by atoms with Crippen molar-refractivity contribution in [3.05, 3.63) is 69.2 Å². The van der Waals surface area contributed by atoms with Crippen LogP contribution in [0.3, 0.4) is 0 Å². The summed E-state index contributed by atoms with van der Waals surface area (Å²) < 4.78 is 57.4. The summed E-state index contributed by atoms with van der Waals surface area (Å²) in [6, 6.07) is -0.764. The highest BCUT2D eigenvalue weighted by molar-refractivity contribution is 6.13. The van der Waals surface area contributed by atoms with Gasteiger partial charge in [-0.25, -0.2) is 18.6 Å². The van der Waals surface area contributed by atoms with E-state index < -0.39 is 134 Å². The number of rotatable bonds is 31. The van der Waals surface area contributed by atoms with Crippen LogP contribution in [0.15, 0.2) is 35.4 Å². The van der Waals surface area contributed by atoms with Crippen molar-refractivity contribution in [3.8, 4) is 0 Å². The first-order valence-corrected chi connectivity index (χ1v) is 28.8. The number of nitrogens with one attached hydrogen (secondary N) is 7. The van der Waals surface area contributed by atoms with E-state index in [1.165, 1.54) is 6.07 Å². The Balaban J connectivity index is 0.670. The van der Waals surface area contributed by atoms with Crippen molar-refractivity contribution < 1.29 is 95.4 Å². The Labute approximate surface area is 502 Å². The van der Waals surface area contributed by atoms with Crippen LogP contribution in [-0.4, -0.2) is 231 Å². The fraction of sp³-hybridized carbons (Fsp3) is 0.544. The van der Waals surface area contributed by atoms with Gasteiger partial charge in [0.1, 0.15) is 24.6 Å². The van der Waals surface area contributed by atoms with E-state index in [-0.39, 0.29) is 122 Å². The normalized spacial score (nSPS) is 20.7. The zero-order valence-electron chi connectivity index (χ0n) is 48.6. The van der Waals surface area contributed by atoms with Crippen LogP contribution in [0.4, 0.5) is 8.78 Å². The van der Waals surface area contributed by atoms with Gasteiger partial charge in [-0.2, -0.15) is 0 Å². The lowest BCUT2D eigenvalue weighted by Crippen LogP contribution is -2.50. The lowest BCUT2D eigenvalue weighted by molar-refractivity contribution is -0.164. The molecule has 0 spiro atoms. The molecule has 8 rings (SSSR count). The number of carbonyl (C=O) groups is 11. The van der Waals surface area contributed by atoms with Gasteiger partial charge >= 0.3 is 5.97 Å². The van der Waals surface area contributed by atoms with Crippen molar-refractivity contribution in [2.24, 2.45) is 0 Å². The largest absolute Gasteiger partial charge is 0.459 e. The molecule has 9 N–H and O–H groups in total. The smallest absolute Gasteiger partial charge is 0.343 e. The summed E-state index contributed by atoms with van der Waals surface area (Å²) in [5.74, 6) is -7.62. The van der Waals surface area contributed by atoms with Crippen molar-refractivity contribution in [2.75, 3.05) is 112 Å². The molecule has 10 amide bonds.